The van der Waals surface area contributed by atoms with Crippen LogP contribution >= 0.6 is 0 Å². The summed E-state index contributed by atoms with van der Waals surface area (Å²) < 4.78 is 1.94. The highest BCUT2D eigenvalue weighted by Gasteiger charge is 2.18. The molecule has 1 amide bonds. The van der Waals surface area contributed by atoms with E-state index in [1.807, 2.05) is 0 Å². The number of ketones is 1. The number of nitrogens with one attached hydrogen (secondary N) is 1. The van der Waals surface area contributed by atoms with Gasteiger partial charge in [-0.3, -0.25) is 19.0 Å². The van der Waals surface area contributed by atoms with Crippen LogP contribution in [0.5, 0.6) is 0 Å². The maximum absolute atomic E-state index is 12.5. The third kappa shape index (κ3) is 3.66. The van der Waals surface area contributed by atoms with Gasteiger partial charge in [-0.2, -0.15) is 0 Å². The number of carbonyl (C=O) groups excluding carboxylic acids is 2. The highest BCUT2D eigenvalue weighted by molar-refractivity contribution is 5.95. The van der Waals surface area contributed by atoms with Gasteiger partial charge in [0.2, 0.25) is 5.91 Å². The number of amides is 1. The summed E-state index contributed by atoms with van der Waals surface area (Å²) in [7, 11) is 4.68. The summed E-state index contributed by atoms with van der Waals surface area (Å²) in [5.41, 5.74) is 5.60. The van der Waals surface area contributed by atoms with E-state index in [1.54, 1.807) is 38.4 Å². The van der Waals surface area contributed by atoms with Crippen molar-refractivity contribution in [1.82, 2.24) is 9.13 Å². The second-order valence-electron chi connectivity index (χ2n) is 6.04. The fraction of sp³-hybridized carbons (Fsp3) is 0.294. The first-order valence-electron chi connectivity index (χ1n) is 7.81. The molecule has 0 saturated carbocycles. The molecular formula is C17H21N5O4. The van der Waals surface area contributed by atoms with Gasteiger partial charge in [-0.25, -0.2) is 9.36 Å². The van der Waals surface area contributed by atoms with Crippen LogP contribution in [0, 0.1) is 0 Å². The average Bonchev–Trinajstić information content (AvgIpc) is 2.57. The van der Waals surface area contributed by atoms with Crippen molar-refractivity contribution in [2.24, 2.45) is 7.05 Å². The topological polar surface area (TPSA) is 119 Å². The highest BCUT2D eigenvalue weighted by atomic mass is 16.2. The molecule has 3 N–H and O–H groups in total. The molecule has 2 aromatic rings. The molecule has 0 atom stereocenters. The summed E-state index contributed by atoms with van der Waals surface area (Å²) in [5, 5.41) is 2.59. The van der Waals surface area contributed by atoms with E-state index in [4.69, 9.17) is 5.73 Å². The molecule has 0 fully saturated rings. The van der Waals surface area contributed by atoms with Gasteiger partial charge in [-0.15, -0.1) is 0 Å². The van der Waals surface area contributed by atoms with Crippen molar-refractivity contribution in [3.05, 3.63) is 50.7 Å². The van der Waals surface area contributed by atoms with E-state index in [1.165, 1.54) is 18.9 Å². The molecule has 138 valence electrons. The van der Waals surface area contributed by atoms with Gasteiger partial charge in [-0.05, 0) is 31.2 Å². The number of benzene rings is 1. The zero-order valence-electron chi connectivity index (χ0n) is 15.1. The van der Waals surface area contributed by atoms with E-state index in [0.29, 0.717) is 11.3 Å². The number of aromatic nitrogens is 2. The Morgan fingerprint density at radius 3 is 2.23 bits per heavy atom. The monoisotopic (exact) mass is 359 g/mol. The van der Waals surface area contributed by atoms with Crippen LogP contribution in [-0.4, -0.2) is 34.9 Å². The van der Waals surface area contributed by atoms with Crippen molar-refractivity contribution >= 4 is 28.9 Å². The second kappa shape index (κ2) is 7.26. The molecule has 1 aromatic carbocycles. The minimum absolute atomic E-state index is 0.0291. The fourth-order valence-electron chi connectivity index (χ4n) is 2.46. The normalized spacial score (nSPS) is 10.5. The van der Waals surface area contributed by atoms with Gasteiger partial charge in [0.05, 0.1) is 0 Å². The van der Waals surface area contributed by atoms with Crippen molar-refractivity contribution in [2.75, 3.05) is 30.0 Å². The van der Waals surface area contributed by atoms with Gasteiger partial charge in [-0.1, -0.05) is 0 Å². The Morgan fingerprint density at radius 1 is 1.15 bits per heavy atom. The van der Waals surface area contributed by atoms with Crippen molar-refractivity contribution in [3.8, 4) is 0 Å². The van der Waals surface area contributed by atoms with Crippen molar-refractivity contribution < 1.29 is 9.59 Å². The zero-order chi connectivity index (χ0) is 19.6. The molecule has 0 spiro atoms. The lowest BCUT2D eigenvalue weighted by molar-refractivity contribution is -0.116. The van der Waals surface area contributed by atoms with Gasteiger partial charge < -0.3 is 16.0 Å². The molecule has 9 heteroatoms. The van der Waals surface area contributed by atoms with Crippen molar-refractivity contribution in [3.63, 3.8) is 0 Å². The molecule has 2 rings (SSSR count). The Bertz CT molecular complexity index is 970. The van der Waals surface area contributed by atoms with E-state index in [9.17, 15) is 19.2 Å². The SMILES string of the molecule is CC(=O)c1ccc(NC(=O)Cn2c(=O)c(N(C)C)c(N)n(C)c2=O)cc1. The molecule has 0 unspecified atom stereocenters. The van der Waals surface area contributed by atoms with Crippen molar-refractivity contribution in [1.29, 1.82) is 0 Å². The van der Waals surface area contributed by atoms with Crippen LogP contribution in [0.1, 0.15) is 17.3 Å². The van der Waals surface area contributed by atoms with Crippen LogP contribution in [-0.2, 0) is 18.4 Å². The standard InChI is InChI=1S/C17H21N5O4/c1-10(23)11-5-7-12(8-6-11)19-13(24)9-22-16(25)14(20(2)3)15(18)21(4)17(22)26/h5-8H,9,18H2,1-4H3,(H,19,24). The molecule has 0 aliphatic carbocycles. The largest absolute Gasteiger partial charge is 0.383 e. The number of nitrogens with zero attached hydrogens (tertiary/aromatic N) is 3. The molecule has 26 heavy (non-hydrogen) atoms. The average molecular weight is 359 g/mol. The summed E-state index contributed by atoms with van der Waals surface area (Å²) >= 11 is 0. The number of hydrogen-bond donors (Lipinski definition) is 2. The Labute approximate surface area is 149 Å². The number of nitrogen functional groups attached to an aromatic ring is 1. The van der Waals surface area contributed by atoms with Gasteiger partial charge >= 0.3 is 5.69 Å². The molecule has 1 aromatic heterocycles. The van der Waals surface area contributed by atoms with Crippen LogP contribution < -0.4 is 27.2 Å². The van der Waals surface area contributed by atoms with E-state index in [-0.39, 0.29) is 17.3 Å². The van der Waals surface area contributed by atoms with Gasteiger partial charge in [0.15, 0.2) is 5.78 Å². The van der Waals surface area contributed by atoms with E-state index < -0.39 is 23.7 Å². The Morgan fingerprint density at radius 2 is 1.73 bits per heavy atom. The molecule has 1 heterocycles. The molecular weight excluding hydrogens is 338 g/mol. The first kappa shape index (κ1) is 19.0. The molecule has 0 aliphatic rings. The minimum Gasteiger partial charge on any atom is -0.383 e. The van der Waals surface area contributed by atoms with E-state index >= 15 is 0 Å². The van der Waals surface area contributed by atoms with Crippen LogP contribution in [0.2, 0.25) is 0 Å². The smallest absolute Gasteiger partial charge is 0.332 e. The summed E-state index contributed by atoms with van der Waals surface area (Å²) in [4.78, 5) is 49.8. The van der Waals surface area contributed by atoms with Gasteiger partial charge in [0.1, 0.15) is 18.1 Å². The number of hydrogen-bond acceptors (Lipinski definition) is 6. The fourth-order valence-corrected chi connectivity index (χ4v) is 2.46. The molecule has 0 bridgehead atoms. The molecule has 9 nitrogen and oxygen atoms in total. The summed E-state index contributed by atoms with van der Waals surface area (Å²) in [5.74, 6) is -0.605. The third-order valence-electron chi connectivity index (χ3n) is 3.89. The molecule has 0 aliphatic heterocycles. The number of rotatable bonds is 5. The summed E-state index contributed by atoms with van der Waals surface area (Å²) in [6.07, 6.45) is 0. The first-order chi connectivity index (χ1) is 12.1. The summed E-state index contributed by atoms with van der Waals surface area (Å²) in [6, 6.07) is 6.31. The number of carbonyl (C=O) groups is 2. The van der Waals surface area contributed by atoms with E-state index in [0.717, 1.165) is 9.13 Å². The third-order valence-corrected chi connectivity index (χ3v) is 3.89. The van der Waals surface area contributed by atoms with Crippen LogP contribution in [0.3, 0.4) is 0 Å². The molecule has 0 saturated heterocycles. The summed E-state index contributed by atoms with van der Waals surface area (Å²) in [6.45, 7) is 0.986. The van der Waals surface area contributed by atoms with Crippen LogP contribution in [0.15, 0.2) is 33.9 Å². The van der Waals surface area contributed by atoms with Gasteiger partial charge in [0.25, 0.3) is 5.56 Å². The quantitative estimate of drug-likeness (QED) is 0.727. The number of Topliss-reactive ketones (excluding diaryl/α,β-unsaturated/α-hetero) is 1. The number of anilines is 3. The lowest BCUT2D eigenvalue weighted by Gasteiger charge is -2.18. The zero-order valence-corrected chi connectivity index (χ0v) is 15.1. The van der Waals surface area contributed by atoms with E-state index in [2.05, 4.69) is 5.32 Å². The lowest BCUT2D eigenvalue weighted by Crippen LogP contribution is -2.44. The van der Waals surface area contributed by atoms with Crippen LogP contribution in [0.4, 0.5) is 17.2 Å². The number of nitrogens with two attached hydrogens (primary N) is 1. The maximum Gasteiger partial charge on any atom is 0.332 e. The predicted octanol–water partition coefficient (Wildman–Crippen LogP) is 0.0365. The maximum atomic E-state index is 12.5. The second-order valence-corrected chi connectivity index (χ2v) is 6.04. The Hall–Kier alpha value is -3.36. The highest BCUT2D eigenvalue weighted by Crippen LogP contribution is 2.13. The lowest BCUT2D eigenvalue weighted by atomic mass is 10.1. The minimum atomic E-state index is -0.680. The van der Waals surface area contributed by atoms with Gasteiger partial charge in [0, 0.05) is 32.4 Å². The Balaban J connectivity index is 2.30. The molecule has 0 radical (unpaired) electrons. The Kier molecular flexibility index (Phi) is 5.30. The first-order valence-corrected chi connectivity index (χ1v) is 7.81. The van der Waals surface area contributed by atoms with Crippen LogP contribution in [0.25, 0.3) is 0 Å². The van der Waals surface area contributed by atoms with Crippen molar-refractivity contribution in [2.45, 2.75) is 13.5 Å². The predicted molar refractivity (Wildman–Crippen MR) is 99.8 cm³/mol.